The molecule has 0 fully saturated rings. The van der Waals surface area contributed by atoms with Gasteiger partial charge in [-0.1, -0.05) is 35.5 Å². The highest BCUT2D eigenvalue weighted by atomic mass is 16.5. The van der Waals surface area contributed by atoms with Crippen LogP contribution in [0.3, 0.4) is 0 Å². The maximum Gasteiger partial charge on any atom is 0.248 e. The summed E-state index contributed by atoms with van der Waals surface area (Å²) in [5.41, 5.74) is 8.13. The molecule has 0 aliphatic carbocycles. The van der Waals surface area contributed by atoms with Crippen LogP contribution in [0.25, 0.3) is 11.3 Å². The number of benzene rings is 1. The molecular weight excluding hydrogens is 266 g/mol. The summed E-state index contributed by atoms with van der Waals surface area (Å²) in [7, 11) is 0. The smallest absolute Gasteiger partial charge is 0.248 e. The molecule has 2 aromatic heterocycles. The summed E-state index contributed by atoms with van der Waals surface area (Å²) in [6, 6.07) is 14.9. The fourth-order valence-corrected chi connectivity index (χ4v) is 2.05. The first-order chi connectivity index (χ1) is 10.2. The van der Waals surface area contributed by atoms with E-state index in [-0.39, 0.29) is 0 Å². The second kappa shape index (κ2) is 5.58. The summed E-state index contributed by atoms with van der Waals surface area (Å²) < 4.78 is 5.33. The fraction of sp³-hybridized carbons (Fsp3) is 0.0625. The molecule has 0 aliphatic rings. The van der Waals surface area contributed by atoms with Crippen molar-refractivity contribution in [2.75, 3.05) is 0 Å². The van der Waals surface area contributed by atoms with Gasteiger partial charge in [0, 0.05) is 35.5 Å². The lowest BCUT2D eigenvalue weighted by Gasteiger charge is -1.99. The van der Waals surface area contributed by atoms with Gasteiger partial charge in [-0.15, -0.1) is 0 Å². The quantitative estimate of drug-likeness (QED) is 0.795. The fourth-order valence-electron chi connectivity index (χ4n) is 2.05. The molecule has 1 amide bonds. The molecule has 5 heteroatoms. The van der Waals surface area contributed by atoms with E-state index in [4.69, 9.17) is 10.3 Å². The van der Waals surface area contributed by atoms with Gasteiger partial charge in [-0.2, -0.15) is 0 Å². The van der Waals surface area contributed by atoms with Crippen LogP contribution in [0.1, 0.15) is 21.7 Å². The number of rotatable bonds is 4. The highest BCUT2D eigenvalue weighted by Crippen LogP contribution is 2.20. The van der Waals surface area contributed by atoms with Gasteiger partial charge in [0.1, 0.15) is 0 Å². The van der Waals surface area contributed by atoms with E-state index in [9.17, 15) is 4.79 Å². The number of carbonyl (C=O) groups excluding carboxylic acids is 1. The van der Waals surface area contributed by atoms with Crippen LogP contribution >= 0.6 is 0 Å². The summed E-state index contributed by atoms with van der Waals surface area (Å²) in [5.74, 6) is 0.237. The molecule has 0 spiro atoms. The lowest BCUT2D eigenvalue weighted by atomic mass is 10.1. The van der Waals surface area contributed by atoms with Crippen LogP contribution in [-0.4, -0.2) is 16.0 Å². The molecule has 3 aromatic rings. The minimum atomic E-state index is -0.469. The average Bonchev–Trinajstić information content (AvgIpc) is 2.97. The molecule has 0 aliphatic heterocycles. The lowest BCUT2D eigenvalue weighted by molar-refractivity contribution is 0.1000. The second-order valence-corrected chi connectivity index (χ2v) is 4.63. The third kappa shape index (κ3) is 2.97. The van der Waals surface area contributed by atoms with Crippen molar-refractivity contribution in [2.24, 2.45) is 5.73 Å². The number of primary amides is 1. The van der Waals surface area contributed by atoms with E-state index in [1.165, 1.54) is 0 Å². The van der Waals surface area contributed by atoms with Crippen LogP contribution in [0.15, 0.2) is 59.3 Å². The molecule has 104 valence electrons. The SMILES string of the molecule is NC(=O)c1ccnc(Cc2cc(-c3ccccc3)on2)c1. The number of hydrogen-bond donors (Lipinski definition) is 1. The first-order valence-corrected chi connectivity index (χ1v) is 6.48. The highest BCUT2D eigenvalue weighted by Gasteiger charge is 2.09. The van der Waals surface area contributed by atoms with Crippen LogP contribution in [-0.2, 0) is 6.42 Å². The van der Waals surface area contributed by atoms with Crippen molar-refractivity contribution in [3.8, 4) is 11.3 Å². The van der Waals surface area contributed by atoms with Gasteiger partial charge >= 0.3 is 0 Å². The zero-order valence-electron chi connectivity index (χ0n) is 11.2. The van der Waals surface area contributed by atoms with Gasteiger partial charge in [-0.05, 0) is 12.1 Å². The Kier molecular flexibility index (Phi) is 3.47. The molecule has 0 radical (unpaired) electrons. The summed E-state index contributed by atoms with van der Waals surface area (Å²) in [6.45, 7) is 0. The Labute approximate surface area is 121 Å². The summed E-state index contributed by atoms with van der Waals surface area (Å²) >= 11 is 0. The molecule has 3 rings (SSSR count). The lowest BCUT2D eigenvalue weighted by Crippen LogP contribution is -2.11. The Morgan fingerprint density at radius 2 is 1.90 bits per heavy atom. The molecule has 21 heavy (non-hydrogen) atoms. The van der Waals surface area contributed by atoms with Crippen LogP contribution in [0.5, 0.6) is 0 Å². The predicted octanol–water partition coefficient (Wildman–Crippen LogP) is 2.43. The Hall–Kier alpha value is -2.95. The average molecular weight is 279 g/mol. The second-order valence-electron chi connectivity index (χ2n) is 4.63. The van der Waals surface area contributed by atoms with Crippen LogP contribution in [0.2, 0.25) is 0 Å². The molecule has 5 nitrogen and oxygen atoms in total. The van der Waals surface area contributed by atoms with E-state index < -0.39 is 5.91 Å². The maximum atomic E-state index is 11.2. The number of carbonyl (C=O) groups is 1. The molecule has 0 atom stereocenters. The molecule has 0 saturated heterocycles. The zero-order valence-corrected chi connectivity index (χ0v) is 11.2. The van der Waals surface area contributed by atoms with Crippen molar-refractivity contribution in [1.29, 1.82) is 0 Å². The van der Waals surface area contributed by atoms with E-state index in [1.54, 1.807) is 18.3 Å². The molecule has 2 heterocycles. The Balaban J connectivity index is 1.82. The summed E-state index contributed by atoms with van der Waals surface area (Å²) in [5, 5.41) is 4.03. The Morgan fingerprint density at radius 3 is 2.67 bits per heavy atom. The topological polar surface area (TPSA) is 82.0 Å². The molecule has 0 saturated carbocycles. The largest absolute Gasteiger partial charge is 0.366 e. The van der Waals surface area contributed by atoms with Gasteiger partial charge in [-0.3, -0.25) is 9.78 Å². The highest BCUT2D eigenvalue weighted by molar-refractivity contribution is 5.92. The predicted molar refractivity (Wildman–Crippen MR) is 77.5 cm³/mol. The summed E-state index contributed by atoms with van der Waals surface area (Å²) in [4.78, 5) is 15.4. The first kappa shape index (κ1) is 13.1. The zero-order chi connectivity index (χ0) is 14.7. The van der Waals surface area contributed by atoms with Crippen molar-refractivity contribution in [3.05, 3.63) is 71.7 Å². The van der Waals surface area contributed by atoms with Gasteiger partial charge < -0.3 is 10.3 Å². The number of pyridine rings is 1. The molecule has 1 aromatic carbocycles. The van der Waals surface area contributed by atoms with Crippen molar-refractivity contribution in [2.45, 2.75) is 6.42 Å². The maximum absolute atomic E-state index is 11.2. The number of amides is 1. The van der Waals surface area contributed by atoms with Gasteiger partial charge in [0.05, 0.1) is 5.69 Å². The number of nitrogens with zero attached hydrogens (tertiary/aromatic N) is 2. The normalized spacial score (nSPS) is 10.5. The van der Waals surface area contributed by atoms with Crippen LogP contribution < -0.4 is 5.73 Å². The minimum Gasteiger partial charge on any atom is -0.366 e. The molecule has 0 bridgehead atoms. The van der Waals surface area contributed by atoms with Crippen molar-refractivity contribution in [3.63, 3.8) is 0 Å². The third-order valence-corrected chi connectivity index (χ3v) is 3.08. The first-order valence-electron chi connectivity index (χ1n) is 6.48. The Morgan fingerprint density at radius 1 is 1.10 bits per heavy atom. The molecule has 2 N–H and O–H groups in total. The van der Waals surface area contributed by atoms with Crippen molar-refractivity contribution < 1.29 is 9.32 Å². The van der Waals surface area contributed by atoms with Gasteiger partial charge in [0.2, 0.25) is 5.91 Å². The monoisotopic (exact) mass is 279 g/mol. The number of hydrogen-bond acceptors (Lipinski definition) is 4. The number of aromatic nitrogens is 2. The third-order valence-electron chi connectivity index (χ3n) is 3.08. The van der Waals surface area contributed by atoms with Crippen molar-refractivity contribution >= 4 is 5.91 Å². The van der Waals surface area contributed by atoms with Crippen LogP contribution in [0, 0.1) is 0 Å². The number of nitrogens with two attached hydrogens (primary N) is 1. The van der Waals surface area contributed by atoms with Crippen LogP contribution in [0.4, 0.5) is 0 Å². The summed E-state index contributed by atoms with van der Waals surface area (Å²) in [6.07, 6.45) is 2.05. The van der Waals surface area contributed by atoms with Gasteiger partial charge in [0.25, 0.3) is 0 Å². The molecular formula is C16H13N3O2. The van der Waals surface area contributed by atoms with E-state index in [0.717, 1.165) is 17.0 Å². The van der Waals surface area contributed by atoms with Gasteiger partial charge in [-0.25, -0.2) is 0 Å². The standard InChI is InChI=1S/C16H13N3O2/c17-16(20)12-6-7-18-13(8-12)9-14-10-15(21-19-14)11-4-2-1-3-5-11/h1-8,10H,9H2,(H2,17,20). The van der Waals surface area contributed by atoms with E-state index in [1.807, 2.05) is 36.4 Å². The molecule has 0 unspecified atom stereocenters. The van der Waals surface area contributed by atoms with E-state index in [2.05, 4.69) is 10.1 Å². The Bertz CT molecular complexity index is 766. The van der Waals surface area contributed by atoms with Crippen molar-refractivity contribution in [1.82, 2.24) is 10.1 Å². The van der Waals surface area contributed by atoms with Gasteiger partial charge in [0.15, 0.2) is 5.76 Å². The minimum absolute atomic E-state index is 0.437. The van der Waals surface area contributed by atoms with E-state index >= 15 is 0 Å². The van der Waals surface area contributed by atoms with E-state index in [0.29, 0.717) is 17.7 Å².